The average Bonchev–Trinajstić information content (AvgIpc) is 3.20. The van der Waals surface area contributed by atoms with Crippen LogP contribution in [0.5, 0.6) is 0 Å². The van der Waals surface area contributed by atoms with Crippen LogP contribution in [0.25, 0.3) is 87.6 Å². The lowest BCUT2D eigenvalue weighted by molar-refractivity contribution is 1.30. The summed E-state index contributed by atoms with van der Waals surface area (Å²) in [6.45, 7) is 0. The minimum Gasteiger partial charge on any atom is -0.263 e. The zero-order chi connectivity index (χ0) is 33.6. The highest BCUT2D eigenvalue weighted by atomic mass is 14.6. The molecule has 0 radical (unpaired) electrons. The molecule has 0 atom stereocenters. The van der Waals surface area contributed by atoms with Gasteiger partial charge in [-0.05, 0) is 101 Å². The molecule has 9 rings (SSSR count). The van der Waals surface area contributed by atoms with Crippen molar-refractivity contribution in [3.63, 3.8) is 0 Å². The second-order valence-corrected chi connectivity index (χ2v) is 12.4. The smallest absolute Gasteiger partial charge is 0.101 e. The van der Waals surface area contributed by atoms with Crippen molar-refractivity contribution in [3.8, 4) is 56.6 Å². The van der Waals surface area contributed by atoms with Crippen LogP contribution in [0.4, 0.5) is 0 Å². The molecule has 230 valence electrons. The highest BCUT2D eigenvalue weighted by Crippen LogP contribution is 2.50. The van der Waals surface area contributed by atoms with Crippen LogP contribution in [0.3, 0.4) is 0 Å². The number of nitrogens with zero attached hydrogens (tertiary/aromatic N) is 4. The summed E-state index contributed by atoms with van der Waals surface area (Å²) in [6, 6.07) is 51.5. The first-order valence-electron chi connectivity index (χ1n) is 16.4. The fraction of sp³-hybridized carbons (Fsp3) is 0. The molecule has 4 nitrogen and oxygen atoms in total. The average molecular weight is 635 g/mol. The van der Waals surface area contributed by atoms with Crippen molar-refractivity contribution in [2.24, 2.45) is 0 Å². The summed E-state index contributed by atoms with van der Waals surface area (Å²) in [5.74, 6) is 0. The molecule has 0 unspecified atom stereocenters. The number of aromatic nitrogens is 2. The van der Waals surface area contributed by atoms with E-state index in [-0.39, 0.29) is 0 Å². The van der Waals surface area contributed by atoms with Gasteiger partial charge in [0.15, 0.2) is 0 Å². The molecule has 0 saturated carbocycles. The van der Waals surface area contributed by atoms with Gasteiger partial charge in [-0.1, -0.05) is 109 Å². The van der Waals surface area contributed by atoms with Gasteiger partial charge in [0.25, 0.3) is 0 Å². The van der Waals surface area contributed by atoms with Gasteiger partial charge in [0, 0.05) is 35.9 Å². The zero-order valence-corrected chi connectivity index (χ0v) is 26.8. The number of hydrogen-bond donors (Lipinski definition) is 0. The summed E-state index contributed by atoms with van der Waals surface area (Å²) >= 11 is 0. The quantitative estimate of drug-likeness (QED) is 0.143. The van der Waals surface area contributed by atoms with Crippen LogP contribution < -0.4 is 0 Å². The van der Waals surface area contributed by atoms with Crippen LogP contribution in [-0.2, 0) is 0 Å². The van der Waals surface area contributed by atoms with E-state index in [1.807, 2.05) is 24.5 Å². The predicted octanol–water partition coefficient (Wildman–Crippen LogP) is 11.5. The van der Waals surface area contributed by atoms with Gasteiger partial charge in [0.1, 0.15) is 12.1 Å². The largest absolute Gasteiger partial charge is 0.263 e. The van der Waals surface area contributed by atoms with Crippen molar-refractivity contribution in [2.75, 3.05) is 0 Å². The SMILES string of the molecule is N#Cc1cncc(-c2cccc(-c3c4ccccc4c(-c4cccc(-c5cncc(C#N)c5)c4)c4c5ccccc5c5ccccc5c34)c2)c1. The van der Waals surface area contributed by atoms with Crippen molar-refractivity contribution in [1.29, 1.82) is 10.5 Å². The van der Waals surface area contributed by atoms with Crippen LogP contribution in [0.2, 0.25) is 0 Å². The van der Waals surface area contributed by atoms with Gasteiger partial charge < -0.3 is 0 Å². The maximum atomic E-state index is 9.58. The molecule has 0 amide bonds. The predicted molar refractivity (Wildman–Crippen MR) is 203 cm³/mol. The van der Waals surface area contributed by atoms with Crippen molar-refractivity contribution in [2.45, 2.75) is 0 Å². The van der Waals surface area contributed by atoms with Crippen molar-refractivity contribution in [1.82, 2.24) is 9.97 Å². The van der Waals surface area contributed by atoms with E-state index < -0.39 is 0 Å². The van der Waals surface area contributed by atoms with Crippen molar-refractivity contribution < 1.29 is 0 Å². The Hall–Kier alpha value is -7.14. The van der Waals surface area contributed by atoms with Gasteiger partial charge in [-0.25, -0.2) is 0 Å². The third-order valence-corrected chi connectivity index (χ3v) is 9.60. The summed E-state index contributed by atoms with van der Waals surface area (Å²) in [5, 5.41) is 28.6. The molecule has 0 bridgehead atoms. The highest BCUT2D eigenvalue weighted by Gasteiger charge is 2.22. The molecule has 4 heteroatoms. The van der Waals surface area contributed by atoms with E-state index in [0.717, 1.165) is 55.3 Å². The maximum Gasteiger partial charge on any atom is 0.101 e. The molecule has 7 aromatic carbocycles. The first-order chi connectivity index (χ1) is 24.7. The summed E-state index contributed by atoms with van der Waals surface area (Å²) < 4.78 is 0. The Morgan fingerprint density at radius 1 is 0.340 bits per heavy atom. The van der Waals surface area contributed by atoms with Gasteiger partial charge in [-0.2, -0.15) is 10.5 Å². The second kappa shape index (κ2) is 11.8. The Morgan fingerprint density at radius 3 is 1.14 bits per heavy atom. The van der Waals surface area contributed by atoms with E-state index >= 15 is 0 Å². The van der Waals surface area contributed by atoms with Crippen molar-refractivity contribution >= 4 is 43.1 Å². The lowest BCUT2D eigenvalue weighted by atomic mass is 9.81. The molecule has 0 spiro atoms. The Labute approximate surface area is 288 Å². The number of rotatable bonds is 4. The molecule has 0 N–H and O–H groups in total. The number of nitriles is 2. The molecule has 0 aliphatic rings. The molecular formula is C46H26N4. The number of benzene rings is 7. The molecular weight excluding hydrogens is 609 g/mol. The first kappa shape index (κ1) is 29.0. The second-order valence-electron chi connectivity index (χ2n) is 12.4. The fourth-order valence-corrected chi connectivity index (χ4v) is 7.48. The Bertz CT molecular complexity index is 2710. The van der Waals surface area contributed by atoms with Crippen LogP contribution in [0.1, 0.15) is 11.1 Å². The standard InChI is InChI=1S/C46H26N4/c47-23-29-19-35(27-49-25-29)31-9-7-11-33(21-31)43-41-17-5-6-18-42(41)44(34-12-8-10-32(22-34)36-20-30(24-48)26-50-28-36)46-40-16-4-2-14-38(40)37-13-1-3-15-39(37)45(43)46/h1-22,25-28H. The Kier molecular flexibility index (Phi) is 6.87. The third-order valence-electron chi connectivity index (χ3n) is 9.60. The molecule has 2 aromatic heterocycles. The van der Waals surface area contributed by atoms with Crippen LogP contribution >= 0.6 is 0 Å². The van der Waals surface area contributed by atoms with E-state index in [9.17, 15) is 10.5 Å². The Morgan fingerprint density at radius 2 is 0.720 bits per heavy atom. The highest BCUT2D eigenvalue weighted by molar-refractivity contribution is 6.36. The van der Waals surface area contributed by atoms with Crippen molar-refractivity contribution in [3.05, 3.63) is 169 Å². The van der Waals surface area contributed by atoms with Gasteiger partial charge >= 0.3 is 0 Å². The topological polar surface area (TPSA) is 73.4 Å². The molecule has 0 aliphatic carbocycles. The molecule has 0 saturated heterocycles. The first-order valence-corrected chi connectivity index (χ1v) is 16.4. The van der Waals surface area contributed by atoms with E-state index in [1.165, 1.54) is 32.3 Å². The van der Waals surface area contributed by atoms with Gasteiger partial charge in [0.05, 0.1) is 11.1 Å². The van der Waals surface area contributed by atoms with E-state index in [4.69, 9.17) is 0 Å². The minimum atomic E-state index is 0.531. The van der Waals surface area contributed by atoms with E-state index in [2.05, 4.69) is 143 Å². The summed E-state index contributed by atoms with van der Waals surface area (Å²) in [7, 11) is 0. The lowest BCUT2D eigenvalue weighted by Gasteiger charge is -2.22. The van der Waals surface area contributed by atoms with Gasteiger partial charge in [0.2, 0.25) is 0 Å². The van der Waals surface area contributed by atoms with Crippen LogP contribution in [-0.4, -0.2) is 9.97 Å². The normalized spacial score (nSPS) is 11.2. The number of fused-ring (bicyclic) bond motifs is 7. The molecule has 9 aromatic rings. The minimum absolute atomic E-state index is 0.531. The van der Waals surface area contributed by atoms with Gasteiger partial charge in [-0.3, -0.25) is 9.97 Å². The summed E-state index contributed by atoms with van der Waals surface area (Å²) in [6.07, 6.45) is 6.82. The van der Waals surface area contributed by atoms with Crippen LogP contribution in [0.15, 0.2) is 158 Å². The van der Waals surface area contributed by atoms with E-state index in [1.54, 1.807) is 12.4 Å². The van der Waals surface area contributed by atoms with Crippen LogP contribution in [0, 0.1) is 22.7 Å². The fourth-order valence-electron chi connectivity index (χ4n) is 7.48. The maximum absolute atomic E-state index is 9.58. The summed E-state index contributed by atoms with van der Waals surface area (Å²) in [4.78, 5) is 8.70. The zero-order valence-electron chi connectivity index (χ0n) is 26.8. The van der Waals surface area contributed by atoms with Gasteiger partial charge in [-0.15, -0.1) is 0 Å². The van der Waals surface area contributed by atoms with E-state index in [0.29, 0.717) is 11.1 Å². The molecule has 0 aliphatic heterocycles. The third kappa shape index (κ3) is 4.67. The molecule has 50 heavy (non-hydrogen) atoms. The Balaban J connectivity index is 1.45. The summed E-state index contributed by atoms with van der Waals surface area (Å²) in [5.41, 5.74) is 9.36. The number of hydrogen-bond acceptors (Lipinski definition) is 4. The number of pyridine rings is 2. The molecule has 0 fully saturated rings. The lowest BCUT2D eigenvalue weighted by Crippen LogP contribution is -1.94. The monoisotopic (exact) mass is 634 g/mol. The molecule has 2 heterocycles.